The van der Waals surface area contributed by atoms with Crippen LogP contribution in [0.25, 0.3) is 89.7 Å². The molecule has 0 aliphatic carbocycles. The predicted octanol–water partition coefficient (Wildman–Crippen LogP) is 10.4. The van der Waals surface area contributed by atoms with Gasteiger partial charge in [-0.3, -0.25) is 0 Å². The highest BCUT2D eigenvalue weighted by atomic mass is 16.6. The summed E-state index contributed by atoms with van der Waals surface area (Å²) in [6.07, 6.45) is -2.35. The van der Waals surface area contributed by atoms with E-state index < -0.39 is 24.4 Å². The highest BCUT2D eigenvalue weighted by molar-refractivity contribution is 6.07. The second-order valence-corrected chi connectivity index (χ2v) is 28.5. The third-order valence-electron chi connectivity index (χ3n) is 18.9. The summed E-state index contributed by atoms with van der Waals surface area (Å²) in [7, 11) is 0. The molecule has 0 amide bonds. The van der Waals surface area contributed by atoms with Crippen molar-refractivity contribution < 1.29 is 133 Å². The molecule has 0 unspecified atom stereocenters. The van der Waals surface area contributed by atoms with E-state index in [2.05, 4.69) is 9.97 Å². The number of H-pyrrole nitrogens is 2. The lowest BCUT2D eigenvalue weighted by Gasteiger charge is -2.20. The summed E-state index contributed by atoms with van der Waals surface area (Å²) >= 11 is 0. The highest BCUT2D eigenvalue weighted by Gasteiger charge is 2.27. The average Bonchev–Trinajstić information content (AvgIpc) is 1.60. The number of nitrogens with zero attached hydrogens (tertiary/aromatic N) is 6. The van der Waals surface area contributed by atoms with E-state index in [0.717, 1.165) is 0 Å². The molecule has 0 saturated heterocycles. The van der Waals surface area contributed by atoms with Gasteiger partial charge in [0.1, 0.15) is 70.0 Å². The van der Waals surface area contributed by atoms with Gasteiger partial charge in [0.15, 0.2) is 23.3 Å². The zero-order chi connectivity index (χ0) is 89.7. The first-order chi connectivity index (χ1) is 63.3. The van der Waals surface area contributed by atoms with Crippen molar-refractivity contribution in [2.24, 2.45) is 0 Å². The lowest BCUT2D eigenvalue weighted by molar-refractivity contribution is -0.0384. The summed E-state index contributed by atoms with van der Waals surface area (Å²) in [5, 5.41) is 2.58. The minimum absolute atomic E-state index is 0.168. The van der Waals surface area contributed by atoms with Gasteiger partial charge in [-0.05, 0) is 128 Å². The number of ether oxygens (including phenoxy) is 28. The molecule has 0 atom stereocenters. The summed E-state index contributed by atoms with van der Waals surface area (Å²) in [6.45, 7) is 34.4. The molecular weight excluding hydrogens is 1670 g/mol. The molecule has 714 valence electrons. The molecule has 8 bridgehead atoms. The van der Waals surface area contributed by atoms with E-state index >= 15 is 0 Å². The second kappa shape index (κ2) is 65.1. The molecular formula is C92H138N8O28. The Hall–Kier alpha value is -7.52. The molecule has 36 nitrogen and oxygen atoms in total. The van der Waals surface area contributed by atoms with Crippen LogP contribution in [-0.2, 0) is 114 Å². The van der Waals surface area contributed by atoms with Crippen LogP contribution in [0, 0.1) is 0 Å². The summed E-state index contributed by atoms with van der Waals surface area (Å²) in [6, 6.07) is 22.8. The fourth-order valence-corrected chi connectivity index (χ4v) is 12.8. The van der Waals surface area contributed by atoms with Crippen LogP contribution in [0.5, 0.6) is 23.0 Å². The van der Waals surface area contributed by atoms with Crippen LogP contribution in [0.1, 0.15) is 55.4 Å². The van der Waals surface area contributed by atoms with Crippen molar-refractivity contribution in [3.63, 3.8) is 0 Å². The number of fused-ring (bicyclic) bond motifs is 20. The van der Waals surface area contributed by atoms with Crippen LogP contribution in [0.3, 0.4) is 0 Å². The summed E-state index contributed by atoms with van der Waals surface area (Å²) in [4.78, 5) is 39.8. The molecule has 36 heteroatoms. The molecule has 2 aliphatic rings. The normalized spacial score (nSPS) is 12.1. The van der Waals surface area contributed by atoms with E-state index in [1.165, 1.54) is 0 Å². The number of hydrogen-bond donors (Lipinski definition) is 2. The molecule has 0 saturated carbocycles. The lowest BCUT2D eigenvalue weighted by atomic mass is 10.1. The summed E-state index contributed by atoms with van der Waals surface area (Å²) < 4.78 is 167. The third kappa shape index (κ3) is 39.1. The second-order valence-electron chi connectivity index (χ2n) is 28.5. The van der Waals surface area contributed by atoms with Crippen LogP contribution in [0.4, 0.5) is 0 Å². The maximum absolute atomic E-state index is 6.86. The zero-order valence-electron chi connectivity index (χ0n) is 76.3. The predicted molar refractivity (Wildman–Crippen MR) is 479 cm³/mol. The lowest BCUT2D eigenvalue weighted by Crippen LogP contribution is -2.30. The number of nitrogens with one attached hydrogen (secondary N) is 2. The highest BCUT2D eigenvalue weighted by Crippen LogP contribution is 2.41. The maximum Gasteiger partial charge on any atom is 0.164 e. The van der Waals surface area contributed by atoms with Crippen molar-refractivity contribution in [2.45, 2.75) is 79.8 Å². The molecule has 2 aliphatic heterocycles. The Morgan fingerprint density at radius 3 is 0.586 bits per heavy atom. The van der Waals surface area contributed by atoms with Gasteiger partial charge >= 0.3 is 0 Å². The van der Waals surface area contributed by atoms with E-state index in [0.29, 0.717) is 377 Å². The minimum Gasteiger partial charge on any atom is -0.486 e. The Bertz CT molecular complexity index is 3940. The van der Waals surface area contributed by atoms with E-state index in [4.69, 9.17) is 163 Å². The Morgan fingerprint density at radius 1 is 0.188 bits per heavy atom. The van der Waals surface area contributed by atoms with Crippen LogP contribution >= 0.6 is 0 Å². The number of benzene rings is 4. The Labute approximate surface area is 751 Å². The van der Waals surface area contributed by atoms with Gasteiger partial charge in [0.2, 0.25) is 0 Å². The van der Waals surface area contributed by atoms with E-state index in [1.54, 1.807) is 0 Å². The number of hydrogen-bond acceptors (Lipinski definition) is 34. The van der Waals surface area contributed by atoms with E-state index in [9.17, 15) is 0 Å². The first-order valence-electron chi connectivity index (χ1n) is 45.2. The Morgan fingerprint density at radius 2 is 0.367 bits per heavy atom. The van der Waals surface area contributed by atoms with Gasteiger partial charge in [-0.15, -0.1) is 0 Å². The smallest absolute Gasteiger partial charge is 0.164 e. The van der Waals surface area contributed by atoms with Gasteiger partial charge < -0.3 is 143 Å². The fraction of sp³-hybridized carbons (Fsp3) is 0.652. The van der Waals surface area contributed by atoms with Gasteiger partial charge in [-0.25, -0.2) is 29.9 Å². The Kier molecular flexibility index (Phi) is 53.0. The SMILES string of the molecule is CCOCCOCCOCC(COCCOCCOCC)Oc1ccc2c(c1)-c1nc-2nc2[nH]c(nc3nc(nc4[nH]c(n1)c1ccc(OC(COCCOCCOCC)COCCOCCOCC)cc41)-c1ccc(OC(COCCOCCOCC)COCCOCCOCC)cc1-3)c1ccc(OC(COCCOCCOCC)COCCOCCOCC)cc21. The van der Waals surface area contributed by atoms with Crippen molar-refractivity contribution in [2.75, 3.05) is 317 Å². The zero-order valence-corrected chi connectivity index (χ0v) is 76.3. The molecule has 128 heavy (non-hydrogen) atoms. The molecule has 2 N–H and O–H groups in total. The van der Waals surface area contributed by atoms with Gasteiger partial charge in [-0.1, -0.05) is 0 Å². The van der Waals surface area contributed by atoms with Gasteiger partial charge in [0.05, 0.1) is 264 Å². The van der Waals surface area contributed by atoms with Gasteiger partial charge in [0.25, 0.3) is 0 Å². The van der Waals surface area contributed by atoms with Crippen molar-refractivity contribution >= 4 is 44.1 Å². The molecule has 7 aromatic rings. The molecule has 0 radical (unpaired) electrons. The largest absolute Gasteiger partial charge is 0.486 e. The van der Waals surface area contributed by atoms with E-state index in [-0.39, 0.29) is 52.9 Å². The van der Waals surface area contributed by atoms with Crippen molar-refractivity contribution in [3.05, 3.63) is 72.8 Å². The van der Waals surface area contributed by atoms with Crippen molar-refractivity contribution in [3.8, 4) is 68.5 Å². The van der Waals surface area contributed by atoms with Crippen molar-refractivity contribution in [1.29, 1.82) is 0 Å². The van der Waals surface area contributed by atoms with Crippen molar-refractivity contribution in [1.82, 2.24) is 39.9 Å². The molecule has 5 heterocycles. The monoisotopic (exact) mass is 1800 g/mol. The molecule has 9 rings (SSSR count). The molecule has 3 aromatic heterocycles. The van der Waals surface area contributed by atoms with Crippen LogP contribution in [-0.4, -0.2) is 381 Å². The molecule has 4 aromatic carbocycles. The molecule has 0 spiro atoms. The number of aromatic nitrogens is 8. The summed E-state index contributed by atoms with van der Waals surface area (Å²) in [5.74, 6) is 3.16. The topological polar surface area (TPSA) is 367 Å². The van der Waals surface area contributed by atoms with Gasteiger partial charge in [0, 0.05) is 96.7 Å². The quantitative estimate of drug-likeness (QED) is 0.0334. The third-order valence-corrected chi connectivity index (χ3v) is 18.9. The van der Waals surface area contributed by atoms with E-state index in [1.807, 2.05) is 128 Å². The fourth-order valence-electron chi connectivity index (χ4n) is 12.8. The number of aromatic amines is 2. The number of rotatable bonds is 80. The summed E-state index contributed by atoms with van der Waals surface area (Å²) in [5.41, 5.74) is 4.05. The van der Waals surface area contributed by atoms with Crippen LogP contribution in [0.2, 0.25) is 0 Å². The average molecular weight is 1800 g/mol. The van der Waals surface area contributed by atoms with Crippen LogP contribution < -0.4 is 18.9 Å². The first-order valence-corrected chi connectivity index (χ1v) is 45.2. The first kappa shape index (κ1) is 104. The molecule has 0 fully saturated rings. The minimum atomic E-state index is -0.589. The maximum atomic E-state index is 6.86. The standard InChI is InChI=1S/C92H138N8O28/c1-9-101-25-33-109-41-49-117-61-73(62-118-50-42-110-34-26-102-10-2)125-69-17-21-77-81(57-69)89-93-85(77)98-90-83-59-71(127-75(65-121-53-45-113-37-29-105-13-5)66-122-54-46-114-38-30-106-14-6)19-23-79(83)87(95-90)100-92-84-60-72(128-76(67-123-55-47-115-39-31-107-15-7)68-124-56-48-116-40-32-108-16-8)20-24-80(84)88(96-92)99-91-82-58-70(18-22-78(82)86(94-91)97-89)126-74(63-119-51-43-111-35-27-103-11-3)64-120-52-44-112-36-28-104-12-4/h17-24,57-60,73-76H,9-16,25-56,61-68H2,1-8H3,(H2,93,94,95,96,97,98,99,100). The Balaban J connectivity index is 1.18. The van der Waals surface area contributed by atoms with Crippen LogP contribution in [0.15, 0.2) is 72.8 Å². The van der Waals surface area contributed by atoms with Gasteiger partial charge in [-0.2, -0.15) is 0 Å².